The highest BCUT2D eigenvalue weighted by atomic mass is 16.5. The number of benzene rings is 2. The summed E-state index contributed by atoms with van der Waals surface area (Å²) in [4.78, 5) is 40.0. The second kappa shape index (κ2) is 8.79. The van der Waals surface area contributed by atoms with Gasteiger partial charge in [-0.25, -0.2) is 0 Å². The van der Waals surface area contributed by atoms with Crippen LogP contribution in [0.5, 0.6) is 11.5 Å². The van der Waals surface area contributed by atoms with Crippen molar-refractivity contribution in [3.8, 4) is 11.5 Å². The molecule has 1 fully saturated rings. The number of imide groups is 1. The molecule has 0 aromatic heterocycles. The third-order valence-electron chi connectivity index (χ3n) is 6.21. The maximum atomic E-state index is 13.2. The number of carbonyl (C=O) groups is 3. The van der Waals surface area contributed by atoms with E-state index in [4.69, 9.17) is 9.47 Å². The number of nitrogens with one attached hydrogen (secondary N) is 1. The largest absolute Gasteiger partial charge is 0.497 e. The van der Waals surface area contributed by atoms with Crippen LogP contribution in [0.2, 0.25) is 0 Å². The lowest BCUT2D eigenvalue weighted by Gasteiger charge is -2.33. The first kappa shape index (κ1) is 20.9. The number of rotatable bonds is 6. The molecule has 1 aliphatic carbocycles. The molecule has 1 N–H and O–H groups in total. The summed E-state index contributed by atoms with van der Waals surface area (Å²) < 4.78 is 10.6. The highest BCUT2D eigenvalue weighted by Crippen LogP contribution is 2.35. The zero-order valence-electron chi connectivity index (χ0n) is 17.7. The van der Waals surface area contributed by atoms with Gasteiger partial charge in [0.1, 0.15) is 11.5 Å². The predicted molar refractivity (Wildman–Crippen MR) is 115 cm³/mol. The average Bonchev–Trinajstić information content (AvgIpc) is 3.04. The van der Waals surface area contributed by atoms with E-state index in [0.29, 0.717) is 28.3 Å². The van der Waals surface area contributed by atoms with Gasteiger partial charge in [-0.05, 0) is 43.0 Å². The Hall–Kier alpha value is -3.35. The molecule has 2 aromatic rings. The molecule has 1 saturated carbocycles. The number of carbonyl (C=O) groups excluding carboxylic acids is 3. The van der Waals surface area contributed by atoms with Gasteiger partial charge in [-0.2, -0.15) is 0 Å². The van der Waals surface area contributed by atoms with E-state index >= 15 is 0 Å². The van der Waals surface area contributed by atoms with Gasteiger partial charge in [-0.15, -0.1) is 0 Å². The third kappa shape index (κ3) is 4.00. The van der Waals surface area contributed by atoms with Gasteiger partial charge >= 0.3 is 0 Å². The van der Waals surface area contributed by atoms with Crippen LogP contribution in [0.4, 0.5) is 5.69 Å². The number of hydrogen-bond acceptors (Lipinski definition) is 5. The smallest absolute Gasteiger partial charge is 0.261 e. The van der Waals surface area contributed by atoms with Gasteiger partial charge in [-0.1, -0.05) is 25.0 Å². The molecule has 0 spiro atoms. The van der Waals surface area contributed by atoms with Crippen LogP contribution in [0.25, 0.3) is 0 Å². The summed E-state index contributed by atoms with van der Waals surface area (Å²) in [7, 11) is 3.11. The predicted octanol–water partition coefficient (Wildman–Crippen LogP) is 3.74. The minimum absolute atomic E-state index is 0.0831. The molecule has 2 aliphatic rings. The van der Waals surface area contributed by atoms with Crippen LogP contribution in [0.1, 0.15) is 46.4 Å². The van der Waals surface area contributed by atoms with Crippen molar-refractivity contribution in [1.29, 1.82) is 0 Å². The van der Waals surface area contributed by atoms with E-state index in [0.717, 1.165) is 25.7 Å². The number of methoxy groups -OCH3 is 2. The van der Waals surface area contributed by atoms with Crippen LogP contribution in [-0.4, -0.2) is 43.4 Å². The molecule has 0 saturated heterocycles. The first-order valence-corrected chi connectivity index (χ1v) is 10.5. The number of amides is 3. The SMILES string of the molecule is COc1ccc(NC(=O)C2CCCCC2CN2C(=O)c3ccccc3C2=O)c(OC)c1. The summed E-state index contributed by atoms with van der Waals surface area (Å²) in [5, 5.41) is 2.97. The van der Waals surface area contributed by atoms with Crippen molar-refractivity contribution in [3.05, 3.63) is 53.6 Å². The highest BCUT2D eigenvalue weighted by Gasteiger charge is 2.40. The van der Waals surface area contributed by atoms with Crippen molar-refractivity contribution in [2.24, 2.45) is 11.8 Å². The molecule has 1 aliphatic heterocycles. The molecule has 7 heteroatoms. The van der Waals surface area contributed by atoms with Gasteiger partial charge in [0.2, 0.25) is 5.91 Å². The van der Waals surface area contributed by atoms with Gasteiger partial charge < -0.3 is 14.8 Å². The minimum Gasteiger partial charge on any atom is -0.497 e. The van der Waals surface area contributed by atoms with Crippen LogP contribution >= 0.6 is 0 Å². The molecule has 2 atom stereocenters. The van der Waals surface area contributed by atoms with Gasteiger partial charge in [0, 0.05) is 18.5 Å². The maximum Gasteiger partial charge on any atom is 0.261 e. The first-order valence-electron chi connectivity index (χ1n) is 10.5. The molecule has 31 heavy (non-hydrogen) atoms. The number of hydrogen-bond donors (Lipinski definition) is 1. The first-order chi connectivity index (χ1) is 15.0. The fourth-order valence-corrected chi connectivity index (χ4v) is 4.54. The fourth-order valence-electron chi connectivity index (χ4n) is 4.54. The second-order valence-electron chi connectivity index (χ2n) is 7.97. The van der Waals surface area contributed by atoms with Crippen molar-refractivity contribution >= 4 is 23.4 Å². The molecule has 4 rings (SSSR count). The van der Waals surface area contributed by atoms with Crippen LogP contribution in [0, 0.1) is 11.8 Å². The Morgan fingerprint density at radius 2 is 1.68 bits per heavy atom. The standard InChI is InChI=1S/C24H26N2O5/c1-30-16-11-12-20(21(13-16)31-2)25-22(27)17-8-4-3-7-15(17)14-26-23(28)18-9-5-6-10-19(18)24(26)29/h5-6,9-13,15,17H,3-4,7-8,14H2,1-2H3,(H,25,27). The molecule has 7 nitrogen and oxygen atoms in total. The quantitative estimate of drug-likeness (QED) is 0.717. The lowest BCUT2D eigenvalue weighted by Crippen LogP contribution is -2.41. The number of anilines is 1. The van der Waals surface area contributed by atoms with Crippen molar-refractivity contribution in [1.82, 2.24) is 4.90 Å². The van der Waals surface area contributed by atoms with Crippen molar-refractivity contribution in [3.63, 3.8) is 0 Å². The molecular formula is C24H26N2O5. The van der Waals surface area contributed by atoms with Crippen LogP contribution in [-0.2, 0) is 4.79 Å². The molecule has 2 unspecified atom stereocenters. The van der Waals surface area contributed by atoms with E-state index < -0.39 is 0 Å². The Balaban J connectivity index is 1.50. The van der Waals surface area contributed by atoms with E-state index in [2.05, 4.69) is 5.32 Å². The van der Waals surface area contributed by atoms with Crippen LogP contribution in [0.15, 0.2) is 42.5 Å². The van der Waals surface area contributed by atoms with E-state index in [9.17, 15) is 14.4 Å². The van der Waals surface area contributed by atoms with Crippen LogP contribution in [0.3, 0.4) is 0 Å². The molecule has 0 radical (unpaired) electrons. The van der Waals surface area contributed by atoms with Crippen LogP contribution < -0.4 is 14.8 Å². The minimum atomic E-state index is -0.287. The lowest BCUT2D eigenvalue weighted by molar-refractivity contribution is -0.122. The normalized spacial score (nSPS) is 20.4. The Morgan fingerprint density at radius 1 is 1.00 bits per heavy atom. The Kier molecular flexibility index (Phi) is 5.93. The second-order valence-corrected chi connectivity index (χ2v) is 7.97. The third-order valence-corrected chi connectivity index (χ3v) is 6.21. The number of fused-ring (bicyclic) bond motifs is 1. The van der Waals surface area contributed by atoms with E-state index in [1.165, 1.54) is 12.0 Å². The summed E-state index contributed by atoms with van der Waals surface area (Å²) >= 11 is 0. The zero-order chi connectivity index (χ0) is 22.0. The summed E-state index contributed by atoms with van der Waals surface area (Å²) in [6.07, 6.45) is 3.43. The highest BCUT2D eigenvalue weighted by molar-refractivity contribution is 6.21. The van der Waals surface area contributed by atoms with Gasteiger partial charge in [0.15, 0.2) is 0 Å². The summed E-state index contributed by atoms with van der Waals surface area (Å²) in [5.74, 6) is 0.107. The lowest BCUT2D eigenvalue weighted by atomic mass is 9.78. The van der Waals surface area contributed by atoms with Crippen molar-refractivity contribution in [2.75, 3.05) is 26.1 Å². The van der Waals surface area contributed by atoms with Gasteiger partial charge in [0.05, 0.1) is 31.0 Å². The van der Waals surface area contributed by atoms with E-state index in [-0.39, 0.29) is 36.1 Å². The monoisotopic (exact) mass is 422 g/mol. The van der Waals surface area contributed by atoms with E-state index in [1.807, 2.05) is 0 Å². The summed E-state index contributed by atoms with van der Waals surface area (Å²) in [6, 6.07) is 12.1. The Bertz CT molecular complexity index is 984. The Labute approximate surface area is 181 Å². The topological polar surface area (TPSA) is 84.9 Å². The molecule has 3 amide bonds. The van der Waals surface area contributed by atoms with Gasteiger partial charge in [-0.3, -0.25) is 19.3 Å². The van der Waals surface area contributed by atoms with Crippen molar-refractivity contribution < 1.29 is 23.9 Å². The molecule has 2 aromatic carbocycles. The fraction of sp³-hybridized carbons (Fsp3) is 0.375. The van der Waals surface area contributed by atoms with Gasteiger partial charge in [0.25, 0.3) is 11.8 Å². The molecule has 1 heterocycles. The number of nitrogens with zero attached hydrogens (tertiary/aromatic N) is 1. The molecule has 0 bridgehead atoms. The van der Waals surface area contributed by atoms with E-state index in [1.54, 1.807) is 49.6 Å². The summed E-state index contributed by atoms with van der Waals surface area (Å²) in [6.45, 7) is 0.254. The molecular weight excluding hydrogens is 396 g/mol. The Morgan fingerprint density at radius 3 is 2.32 bits per heavy atom. The maximum absolute atomic E-state index is 13.2. The average molecular weight is 422 g/mol. The molecule has 162 valence electrons. The van der Waals surface area contributed by atoms with Crippen molar-refractivity contribution in [2.45, 2.75) is 25.7 Å². The zero-order valence-corrected chi connectivity index (χ0v) is 17.7. The number of ether oxygens (including phenoxy) is 2. The summed E-state index contributed by atoms with van der Waals surface area (Å²) in [5.41, 5.74) is 1.44.